The Bertz CT molecular complexity index is 593. The van der Waals surface area contributed by atoms with Crippen molar-refractivity contribution < 1.29 is 4.74 Å². The van der Waals surface area contributed by atoms with Crippen molar-refractivity contribution in [1.29, 1.82) is 0 Å². The number of hydrogen-bond acceptors (Lipinski definition) is 5. The zero-order chi connectivity index (χ0) is 13.9. The molecule has 2 aromatic rings. The molecule has 5 heteroatoms. The van der Waals surface area contributed by atoms with E-state index in [-0.39, 0.29) is 0 Å². The number of hydrogen-bond donors (Lipinski definition) is 2. The van der Waals surface area contributed by atoms with Crippen LogP contribution in [0.5, 0.6) is 5.75 Å². The molecule has 0 amide bonds. The Balaban J connectivity index is 2.04. The highest BCUT2D eigenvalue weighted by molar-refractivity contribution is 5.61. The maximum atomic E-state index is 5.61. The topological polar surface area (TPSA) is 73.1 Å². The van der Waals surface area contributed by atoms with Crippen LogP contribution in [0.1, 0.15) is 24.1 Å². The van der Waals surface area contributed by atoms with Gasteiger partial charge in [-0.15, -0.1) is 0 Å². The second kappa shape index (κ2) is 5.46. The van der Waals surface area contributed by atoms with Gasteiger partial charge in [-0.05, 0) is 49.9 Å². The normalized spacial score (nSPS) is 13.7. The number of aromatic nitrogens is 2. The van der Waals surface area contributed by atoms with Gasteiger partial charge in [0, 0.05) is 16.8 Å². The van der Waals surface area contributed by atoms with Crippen molar-refractivity contribution >= 4 is 5.82 Å². The smallest absolute Gasteiger partial charge is 0.161 e. The third kappa shape index (κ3) is 2.32. The molecule has 0 aliphatic heterocycles. The van der Waals surface area contributed by atoms with Crippen LogP contribution in [0.25, 0.3) is 11.4 Å². The summed E-state index contributed by atoms with van der Waals surface area (Å²) in [6.07, 6.45) is 4.34. The third-order valence-corrected chi connectivity index (χ3v) is 3.67. The lowest BCUT2D eigenvalue weighted by Gasteiger charge is -2.18. The summed E-state index contributed by atoms with van der Waals surface area (Å²) in [5, 5.41) is 0. The van der Waals surface area contributed by atoms with Crippen LogP contribution in [0.3, 0.4) is 0 Å². The summed E-state index contributed by atoms with van der Waals surface area (Å²) in [7, 11) is 1.65. The van der Waals surface area contributed by atoms with E-state index in [4.69, 9.17) is 15.6 Å². The zero-order valence-corrected chi connectivity index (χ0v) is 11.5. The molecule has 1 heterocycles. The number of hydrazine groups is 1. The van der Waals surface area contributed by atoms with E-state index in [1.54, 1.807) is 7.11 Å². The van der Waals surface area contributed by atoms with Crippen molar-refractivity contribution in [3.05, 3.63) is 35.5 Å². The largest absolute Gasteiger partial charge is 0.497 e. The molecule has 20 heavy (non-hydrogen) atoms. The van der Waals surface area contributed by atoms with Crippen molar-refractivity contribution in [2.45, 2.75) is 25.7 Å². The minimum atomic E-state index is 0.709. The molecule has 0 bridgehead atoms. The molecule has 1 aliphatic rings. The minimum absolute atomic E-state index is 0.709. The molecule has 5 nitrogen and oxygen atoms in total. The highest BCUT2D eigenvalue weighted by Gasteiger charge is 2.17. The van der Waals surface area contributed by atoms with Crippen molar-refractivity contribution in [2.24, 2.45) is 5.84 Å². The van der Waals surface area contributed by atoms with Crippen molar-refractivity contribution in [3.8, 4) is 17.1 Å². The molecule has 0 saturated carbocycles. The van der Waals surface area contributed by atoms with Gasteiger partial charge >= 0.3 is 0 Å². The number of fused-ring (bicyclic) bond motifs is 1. The maximum Gasteiger partial charge on any atom is 0.161 e. The predicted octanol–water partition coefficient (Wildman–Crippen LogP) is 2.32. The summed E-state index contributed by atoms with van der Waals surface area (Å²) in [5.41, 5.74) is 5.96. The van der Waals surface area contributed by atoms with Gasteiger partial charge in [-0.2, -0.15) is 0 Å². The number of benzene rings is 1. The van der Waals surface area contributed by atoms with E-state index in [9.17, 15) is 0 Å². The van der Waals surface area contributed by atoms with Crippen LogP contribution < -0.4 is 16.0 Å². The number of nitrogens with zero attached hydrogens (tertiary/aromatic N) is 2. The Morgan fingerprint density at radius 2 is 1.85 bits per heavy atom. The van der Waals surface area contributed by atoms with Crippen molar-refractivity contribution in [1.82, 2.24) is 9.97 Å². The number of nitrogen functional groups attached to an aromatic ring is 1. The Morgan fingerprint density at radius 3 is 2.55 bits per heavy atom. The molecule has 1 aromatic heterocycles. The highest BCUT2D eigenvalue weighted by Crippen LogP contribution is 2.28. The summed E-state index contributed by atoms with van der Waals surface area (Å²) < 4.78 is 5.17. The van der Waals surface area contributed by atoms with E-state index in [1.165, 1.54) is 12.8 Å². The van der Waals surface area contributed by atoms with Gasteiger partial charge in [-0.3, -0.25) is 0 Å². The maximum absolute atomic E-state index is 5.61. The number of anilines is 1. The molecule has 3 N–H and O–H groups in total. The van der Waals surface area contributed by atoms with Gasteiger partial charge in [0.05, 0.1) is 7.11 Å². The summed E-state index contributed by atoms with van der Waals surface area (Å²) >= 11 is 0. The van der Waals surface area contributed by atoms with Crippen LogP contribution in [0.2, 0.25) is 0 Å². The van der Waals surface area contributed by atoms with Crippen LogP contribution in [-0.4, -0.2) is 17.1 Å². The number of rotatable bonds is 3. The molecule has 0 saturated heterocycles. The molecule has 1 aliphatic carbocycles. The van der Waals surface area contributed by atoms with E-state index in [0.717, 1.165) is 41.2 Å². The first-order valence-corrected chi connectivity index (χ1v) is 6.82. The monoisotopic (exact) mass is 270 g/mol. The summed E-state index contributed by atoms with van der Waals surface area (Å²) in [6.45, 7) is 0. The Kier molecular flexibility index (Phi) is 3.52. The lowest BCUT2D eigenvalue weighted by atomic mass is 9.96. The Labute approximate surface area is 118 Å². The van der Waals surface area contributed by atoms with Gasteiger partial charge in [0.25, 0.3) is 0 Å². The minimum Gasteiger partial charge on any atom is -0.497 e. The summed E-state index contributed by atoms with van der Waals surface area (Å²) in [5.74, 6) is 7.89. The molecule has 3 rings (SSSR count). The van der Waals surface area contributed by atoms with Gasteiger partial charge < -0.3 is 10.2 Å². The molecular formula is C15H18N4O. The first-order valence-electron chi connectivity index (χ1n) is 6.82. The number of nitrogens with one attached hydrogen (secondary N) is 1. The number of aryl methyl sites for hydroxylation is 1. The van der Waals surface area contributed by atoms with E-state index in [1.807, 2.05) is 24.3 Å². The zero-order valence-electron chi connectivity index (χ0n) is 11.5. The van der Waals surface area contributed by atoms with Crippen molar-refractivity contribution in [3.63, 3.8) is 0 Å². The first kappa shape index (κ1) is 12.9. The predicted molar refractivity (Wildman–Crippen MR) is 78.5 cm³/mol. The molecule has 0 radical (unpaired) electrons. The van der Waals surface area contributed by atoms with E-state index in [2.05, 4.69) is 10.4 Å². The lowest BCUT2D eigenvalue weighted by molar-refractivity contribution is 0.415. The second-order valence-corrected chi connectivity index (χ2v) is 4.90. The summed E-state index contributed by atoms with van der Waals surface area (Å²) in [6, 6.07) is 7.74. The van der Waals surface area contributed by atoms with Gasteiger partial charge in [-0.1, -0.05) is 0 Å². The Morgan fingerprint density at radius 1 is 1.10 bits per heavy atom. The average Bonchev–Trinajstić information content (AvgIpc) is 2.54. The van der Waals surface area contributed by atoms with Crippen LogP contribution in [0.4, 0.5) is 5.82 Å². The quantitative estimate of drug-likeness (QED) is 0.661. The fraction of sp³-hybridized carbons (Fsp3) is 0.333. The van der Waals surface area contributed by atoms with E-state index >= 15 is 0 Å². The van der Waals surface area contributed by atoms with Crippen LogP contribution in [-0.2, 0) is 12.8 Å². The summed E-state index contributed by atoms with van der Waals surface area (Å²) in [4.78, 5) is 9.24. The van der Waals surface area contributed by atoms with Crippen LogP contribution in [0.15, 0.2) is 24.3 Å². The molecule has 1 aromatic carbocycles. The molecular weight excluding hydrogens is 252 g/mol. The van der Waals surface area contributed by atoms with Gasteiger partial charge in [-0.25, -0.2) is 15.8 Å². The number of ether oxygens (including phenoxy) is 1. The molecule has 0 spiro atoms. The SMILES string of the molecule is COc1ccc(-c2nc3c(c(NN)n2)CCCC3)cc1. The van der Waals surface area contributed by atoms with Gasteiger partial charge in [0.1, 0.15) is 11.6 Å². The van der Waals surface area contributed by atoms with Gasteiger partial charge in [0.15, 0.2) is 5.82 Å². The van der Waals surface area contributed by atoms with E-state index < -0.39 is 0 Å². The first-order chi connectivity index (χ1) is 9.81. The Hall–Kier alpha value is -2.14. The van der Waals surface area contributed by atoms with E-state index in [0.29, 0.717) is 5.82 Å². The second-order valence-electron chi connectivity index (χ2n) is 4.90. The van der Waals surface area contributed by atoms with Gasteiger partial charge in [0.2, 0.25) is 0 Å². The van der Waals surface area contributed by atoms with Crippen LogP contribution >= 0.6 is 0 Å². The fourth-order valence-electron chi connectivity index (χ4n) is 2.58. The third-order valence-electron chi connectivity index (χ3n) is 3.67. The highest BCUT2D eigenvalue weighted by atomic mass is 16.5. The number of methoxy groups -OCH3 is 1. The molecule has 0 unspecified atom stereocenters. The average molecular weight is 270 g/mol. The number of nitrogens with two attached hydrogens (primary N) is 1. The molecule has 0 fully saturated rings. The standard InChI is InChI=1S/C15H18N4O/c1-20-11-8-6-10(7-9-11)14-17-13-5-3-2-4-12(13)15(18-14)19-16/h6-9H,2-5,16H2,1H3,(H,17,18,19). The van der Waals surface area contributed by atoms with Crippen molar-refractivity contribution in [2.75, 3.05) is 12.5 Å². The lowest BCUT2D eigenvalue weighted by Crippen LogP contribution is -2.17. The molecule has 104 valence electrons. The molecule has 0 atom stereocenters. The van der Waals surface area contributed by atoms with Crippen LogP contribution in [0, 0.1) is 0 Å². The fourth-order valence-corrected chi connectivity index (χ4v) is 2.58.